The third-order valence-electron chi connectivity index (χ3n) is 3.64. The van der Waals surface area contributed by atoms with Gasteiger partial charge in [0.1, 0.15) is 5.82 Å². The Hall–Kier alpha value is -0.910. The van der Waals surface area contributed by atoms with Crippen LogP contribution in [0.4, 0.5) is 0 Å². The van der Waals surface area contributed by atoms with Gasteiger partial charge in [0, 0.05) is 37.9 Å². The van der Waals surface area contributed by atoms with Crippen LogP contribution in [0.25, 0.3) is 0 Å². The standard InChI is InChI=1S/C15H27N3O2/c1-11(2)15-16-5-6-18(15)10-14(19)9-17-7-12(3)20-13(4)8-17/h5-6,11-14,19H,7-10H2,1-4H3/t12-,13+,14-/m0/s1. The van der Waals surface area contributed by atoms with Crippen molar-refractivity contribution in [3.8, 4) is 0 Å². The number of ether oxygens (including phenoxy) is 1. The summed E-state index contributed by atoms with van der Waals surface area (Å²) in [5, 5.41) is 10.3. The molecule has 1 fully saturated rings. The molecule has 0 aromatic carbocycles. The highest BCUT2D eigenvalue weighted by Gasteiger charge is 2.24. The van der Waals surface area contributed by atoms with Crippen LogP contribution in [0.1, 0.15) is 39.4 Å². The fourth-order valence-electron chi connectivity index (χ4n) is 2.99. The molecule has 5 nitrogen and oxygen atoms in total. The number of imidazole rings is 1. The minimum atomic E-state index is -0.376. The van der Waals surface area contributed by atoms with Crippen molar-refractivity contribution in [2.75, 3.05) is 19.6 Å². The van der Waals surface area contributed by atoms with E-state index in [1.807, 2.05) is 6.20 Å². The van der Waals surface area contributed by atoms with Gasteiger partial charge in [-0.3, -0.25) is 4.90 Å². The molecule has 1 aromatic heterocycles. The number of nitrogens with zero attached hydrogens (tertiary/aromatic N) is 3. The number of aliphatic hydroxyl groups excluding tert-OH is 1. The highest BCUT2D eigenvalue weighted by atomic mass is 16.5. The molecule has 0 saturated carbocycles. The van der Waals surface area contributed by atoms with Crippen molar-refractivity contribution in [2.45, 2.75) is 58.5 Å². The molecule has 2 heterocycles. The van der Waals surface area contributed by atoms with E-state index in [2.05, 4.69) is 42.1 Å². The average Bonchev–Trinajstić information content (AvgIpc) is 2.75. The molecule has 0 aliphatic carbocycles. The monoisotopic (exact) mass is 281 g/mol. The van der Waals surface area contributed by atoms with Crippen LogP contribution in [-0.2, 0) is 11.3 Å². The number of aliphatic hydroxyl groups is 1. The van der Waals surface area contributed by atoms with Gasteiger partial charge >= 0.3 is 0 Å². The normalized spacial score (nSPS) is 26.1. The Morgan fingerprint density at radius 1 is 1.30 bits per heavy atom. The number of β-amino-alcohol motifs (C(OH)–C–C–N with tert-alkyl or cyclic N) is 1. The van der Waals surface area contributed by atoms with E-state index in [1.165, 1.54) is 0 Å². The van der Waals surface area contributed by atoms with E-state index >= 15 is 0 Å². The number of rotatable bonds is 5. The fourth-order valence-corrected chi connectivity index (χ4v) is 2.99. The lowest BCUT2D eigenvalue weighted by Gasteiger charge is -2.36. The van der Waals surface area contributed by atoms with E-state index in [0.717, 1.165) is 18.9 Å². The van der Waals surface area contributed by atoms with Crippen LogP contribution in [0.5, 0.6) is 0 Å². The van der Waals surface area contributed by atoms with E-state index < -0.39 is 0 Å². The van der Waals surface area contributed by atoms with Crippen LogP contribution in [0, 0.1) is 0 Å². The molecular weight excluding hydrogens is 254 g/mol. The number of aromatic nitrogens is 2. The van der Waals surface area contributed by atoms with Gasteiger partial charge in [-0.05, 0) is 13.8 Å². The first kappa shape index (κ1) is 15.5. The molecule has 2 rings (SSSR count). The molecule has 1 aliphatic rings. The summed E-state index contributed by atoms with van der Waals surface area (Å²) in [6.45, 7) is 11.5. The van der Waals surface area contributed by atoms with Crippen LogP contribution in [0.3, 0.4) is 0 Å². The van der Waals surface area contributed by atoms with Gasteiger partial charge in [0.15, 0.2) is 0 Å². The molecule has 5 heteroatoms. The minimum Gasteiger partial charge on any atom is -0.390 e. The van der Waals surface area contributed by atoms with Gasteiger partial charge in [-0.1, -0.05) is 13.8 Å². The summed E-state index contributed by atoms with van der Waals surface area (Å²) in [7, 11) is 0. The quantitative estimate of drug-likeness (QED) is 0.888. The van der Waals surface area contributed by atoms with Crippen molar-refractivity contribution in [1.29, 1.82) is 0 Å². The molecule has 0 amide bonds. The SMILES string of the molecule is CC(C)c1nccn1C[C@@H](O)CN1C[C@@H](C)O[C@@H](C)C1. The van der Waals surface area contributed by atoms with E-state index in [4.69, 9.17) is 4.74 Å². The van der Waals surface area contributed by atoms with Crippen molar-refractivity contribution >= 4 is 0 Å². The van der Waals surface area contributed by atoms with E-state index in [9.17, 15) is 5.11 Å². The van der Waals surface area contributed by atoms with E-state index in [-0.39, 0.29) is 18.3 Å². The average molecular weight is 281 g/mol. The topological polar surface area (TPSA) is 50.5 Å². The first-order valence-corrected chi connectivity index (χ1v) is 7.52. The summed E-state index contributed by atoms with van der Waals surface area (Å²) in [5.74, 6) is 1.41. The van der Waals surface area contributed by atoms with Crippen molar-refractivity contribution in [1.82, 2.24) is 14.5 Å². The molecule has 1 saturated heterocycles. The molecule has 0 spiro atoms. The van der Waals surface area contributed by atoms with Crippen LogP contribution < -0.4 is 0 Å². The van der Waals surface area contributed by atoms with Crippen molar-refractivity contribution in [3.63, 3.8) is 0 Å². The van der Waals surface area contributed by atoms with Crippen molar-refractivity contribution in [3.05, 3.63) is 18.2 Å². The predicted molar refractivity (Wildman–Crippen MR) is 78.8 cm³/mol. The molecule has 3 atom stereocenters. The maximum atomic E-state index is 10.3. The first-order chi connectivity index (χ1) is 9.45. The Balaban J connectivity index is 1.88. The summed E-state index contributed by atoms with van der Waals surface area (Å²) < 4.78 is 7.77. The van der Waals surface area contributed by atoms with Crippen LogP contribution >= 0.6 is 0 Å². The molecular formula is C15H27N3O2. The third-order valence-corrected chi connectivity index (χ3v) is 3.64. The summed E-state index contributed by atoms with van der Waals surface area (Å²) in [5.41, 5.74) is 0. The highest BCUT2D eigenvalue weighted by molar-refractivity contribution is 4.98. The number of hydrogen-bond acceptors (Lipinski definition) is 4. The van der Waals surface area contributed by atoms with Crippen molar-refractivity contribution in [2.24, 2.45) is 0 Å². The Morgan fingerprint density at radius 2 is 1.95 bits per heavy atom. The predicted octanol–water partition coefficient (Wildman–Crippen LogP) is 1.48. The molecule has 1 aliphatic heterocycles. The zero-order chi connectivity index (χ0) is 14.7. The number of hydrogen-bond donors (Lipinski definition) is 1. The summed E-state index contributed by atoms with van der Waals surface area (Å²) in [6.07, 6.45) is 3.86. The summed E-state index contributed by atoms with van der Waals surface area (Å²) >= 11 is 0. The number of morpholine rings is 1. The van der Waals surface area contributed by atoms with E-state index in [1.54, 1.807) is 6.20 Å². The Kier molecular flexibility index (Phi) is 5.18. The second kappa shape index (κ2) is 6.70. The lowest BCUT2D eigenvalue weighted by Crippen LogP contribution is -2.48. The maximum Gasteiger partial charge on any atom is 0.111 e. The summed E-state index contributed by atoms with van der Waals surface area (Å²) in [6, 6.07) is 0. The Bertz CT molecular complexity index is 409. The second-order valence-corrected chi connectivity index (χ2v) is 6.22. The maximum absolute atomic E-state index is 10.3. The molecule has 1 N–H and O–H groups in total. The molecule has 0 unspecified atom stereocenters. The van der Waals surface area contributed by atoms with Gasteiger partial charge in [-0.2, -0.15) is 0 Å². The van der Waals surface area contributed by atoms with Gasteiger partial charge in [0.05, 0.1) is 24.9 Å². The zero-order valence-corrected chi connectivity index (χ0v) is 13.0. The largest absolute Gasteiger partial charge is 0.390 e. The van der Waals surface area contributed by atoms with Gasteiger partial charge in [0.25, 0.3) is 0 Å². The third kappa shape index (κ3) is 4.04. The Morgan fingerprint density at radius 3 is 2.55 bits per heavy atom. The Labute approximate surface area is 121 Å². The van der Waals surface area contributed by atoms with Crippen LogP contribution in [0.15, 0.2) is 12.4 Å². The van der Waals surface area contributed by atoms with Gasteiger partial charge in [-0.25, -0.2) is 4.98 Å². The van der Waals surface area contributed by atoms with E-state index in [0.29, 0.717) is 19.0 Å². The molecule has 20 heavy (non-hydrogen) atoms. The van der Waals surface area contributed by atoms with Crippen molar-refractivity contribution < 1.29 is 9.84 Å². The van der Waals surface area contributed by atoms with Crippen LogP contribution in [-0.4, -0.2) is 57.5 Å². The van der Waals surface area contributed by atoms with Crippen LogP contribution in [0.2, 0.25) is 0 Å². The molecule has 0 bridgehead atoms. The second-order valence-electron chi connectivity index (χ2n) is 6.22. The smallest absolute Gasteiger partial charge is 0.111 e. The minimum absolute atomic E-state index is 0.241. The lowest BCUT2D eigenvalue weighted by molar-refractivity contribution is -0.0773. The first-order valence-electron chi connectivity index (χ1n) is 7.52. The summed E-state index contributed by atoms with van der Waals surface area (Å²) in [4.78, 5) is 6.65. The van der Waals surface area contributed by atoms with Gasteiger partial charge in [-0.15, -0.1) is 0 Å². The van der Waals surface area contributed by atoms with Gasteiger partial charge in [0.2, 0.25) is 0 Å². The zero-order valence-electron chi connectivity index (χ0n) is 13.0. The molecule has 114 valence electrons. The highest BCUT2D eigenvalue weighted by Crippen LogP contribution is 2.14. The molecule has 0 radical (unpaired) electrons. The fraction of sp³-hybridized carbons (Fsp3) is 0.800. The lowest BCUT2D eigenvalue weighted by atomic mass is 10.2. The molecule has 1 aromatic rings. The van der Waals surface area contributed by atoms with Gasteiger partial charge < -0.3 is 14.4 Å².